The van der Waals surface area contributed by atoms with Gasteiger partial charge in [-0.25, -0.2) is 4.98 Å². The molecular weight excluding hydrogens is 228 g/mol. The van der Waals surface area contributed by atoms with Crippen molar-refractivity contribution < 1.29 is 0 Å². The molecule has 1 N–H and O–H groups in total. The van der Waals surface area contributed by atoms with Gasteiger partial charge in [-0.3, -0.25) is 0 Å². The van der Waals surface area contributed by atoms with E-state index >= 15 is 0 Å². The minimum absolute atomic E-state index is 0.593. The van der Waals surface area contributed by atoms with Crippen LogP contribution in [-0.4, -0.2) is 17.6 Å². The number of hydrogen-bond acceptors (Lipinski definition) is 3. The molecule has 0 saturated heterocycles. The average Bonchev–Trinajstić information content (AvgIpc) is 2.96. The molecular formula is C14H24N2S. The molecule has 1 unspecified atom stereocenters. The van der Waals surface area contributed by atoms with Crippen molar-refractivity contribution in [2.45, 2.75) is 52.0 Å². The molecule has 2 rings (SSSR count). The van der Waals surface area contributed by atoms with Gasteiger partial charge in [0.1, 0.15) is 0 Å². The van der Waals surface area contributed by atoms with Crippen LogP contribution in [0.2, 0.25) is 0 Å². The van der Waals surface area contributed by atoms with Crippen molar-refractivity contribution >= 4 is 11.3 Å². The monoisotopic (exact) mass is 252 g/mol. The van der Waals surface area contributed by atoms with Crippen LogP contribution in [0.4, 0.5) is 0 Å². The lowest BCUT2D eigenvalue weighted by atomic mass is 9.88. The smallest absolute Gasteiger partial charge is 0.0928 e. The number of aromatic nitrogens is 1. The van der Waals surface area contributed by atoms with Crippen LogP contribution in [0.25, 0.3) is 0 Å². The van der Waals surface area contributed by atoms with Crippen LogP contribution in [0, 0.1) is 11.8 Å². The number of nitrogens with one attached hydrogen (secondary N) is 1. The summed E-state index contributed by atoms with van der Waals surface area (Å²) in [5.41, 5.74) is 0. The van der Waals surface area contributed by atoms with Gasteiger partial charge in [-0.15, -0.1) is 11.3 Å². The molecule has 1 aliphatic carbocycles. The van der Waals surface area contributed by atoms with Gasteiger partial charge in [-0.2, -0.15) is 0 Å². The third-order valence-corrected chi connectivity index (χ3v) is 4.58. The zero-order valence-electron chi connectivity index (χ0n) is 11.0. The summed E-state index contributed by atoms with van der Waals surface area (Å²) < 4.78 is 0. The topological polar surface area (TPSA) is 24.9 Å². The van der Waals surface area contributed by atoms with Gasteiger partial charge in [0.15, 0.2) is 0 Å². The highest BCUT2D eigenvalue weighted by Crippen LogP contribution is 2.33. The van der Waals surface area contributed by atoms with Crippen molar-refractivity contribution in [3.63, 3.8) is 0 Å². The second-order valence-corrected chi connectivity index (χ2v) is 6.48. The molecule has 3 heteroatoms. The van der Waals surface area contributed by atoms with Gasteiger partial charge >= 0.3 is 0 Å². The van der Waals surface area contributed by atoms with Gasteiger partial charge < -0.3 is 5.32 Å². The zero-order chi connectivity index (χ0) is 12.1. The van der Waals surface area contributed by atoms with Crippen molar-refractivity contribution in [3.05, 3.63) is 16.6 Å². The van der Waals surface area contributed by atoms with E-state index < -0.39 is 0 Å². The normalized spacial score (nSPS) is 19.0. The fourth-order valence-corrected chi connectivity index (χ4v) is 3.51. The highest BCUT2D eigenvalue weighted by Gasteiger charge is 2.25. The van der Waals surface area contributed by atoms with Crippen molar-refractivity contribution in [3.8, 4) is 0 Å². The van der Waals surface area contributed by atoms with Crippen LogP contribution < -0.4 is 5.32 Å². The molecule has 0 aromatic carbocycles. The Balaban J connectivity index is 1.91. The van der Waals surface area contributed by atoms with Crippen LogP contribution in [0.15, 0.2) is 11.6 Å². The molecule has 1 aromatic rings. The molecule has 1 aromatic heterocycles. The zero-order valence-corrected chi connectivity index (χ0v) is 11.8. The molecule has 0 radical (unpaired) electrons. The minimum Gasteiger partial charge on any atom is -0.314 e. The fourth-order valence-electron chi connectivity index (χ4n) is 2.80. The van der Waals surface area contributed by atoms with Crippen LogP contribution >= 0.6 is 11.3 Å². The van der Waals surface area contributed by atoms with E-state index in [4.69, 9.17) is 0 Å². The molecule has 0 bridgehead atoms. The average molecular weight is 252 g/mol. The fraction of sp³-hybridized carbons (Fsp3) is 0.786. The Morgan fingerprint density at radius 1 is 1.41 bits per heavy atom. The predicted molar refractivity (Wildman–Crippen MR) is 74.4 cm³/mol. The summed E-state index contributed by atoms with van der Waals surface area (Å²) in [7, 11) is 0. The first kappa shape index (κ1) is 13.0. The van der Waals surface area contributed by atoms with Crippen molar-refractivity contribution in [1.82, 2.24) is 10.3 Å². The van der Waals surface area contributed by atoms with Crippen molar-refractivity contribution in [2.75, 3.05) is 6.54 Å². The molecule has 1 heterocycles. The van der Waals surface area contributed by atoms with E-state index in [0.29, 0.717) is 6.04 Å². The minimum atomic E-state index is 0.593. The first-order valence-corrected chi connectivity index (χ1v) is 7.75. The quantitative estimate of drug-likeness (QED) is 0.838. The first-order chi connectivity index (χ1) is 8.25. The van der Waals surface area contributed by atoms with Crippen LogP contribution in [-0.2, 0) is 6.42 Å². The maximum absolute atomic E-state index is 4.45. The molecule has 1 saturated carbocycles. The number of thiazole rings is 1. The van der Waals surface area contributed by atoms with Crippen molar-refractivity contribution in [2.24, 2.45) is 11.8 Å². The summed E-state index contributed by atoms with van der Waals surface area (Å²) in [5.74, 6) is 1.70. The maximum Gasteiger partial charge on any atom is 0.0928 e. The van der Waals surface area contributed by atoms with Crippen molar-refractivity contribution in [1.29, 1.82) is 0 Å². The Morgan fingerprint density at radius 3 is 2.76 bits per heavy atom. The standard InChI is InChI=1S/C14H24N2S/c1-11(2)16-10-13(12-5-3-4-6-12)9-14-15-7-8-17-14/h7-8,11-13,16H,3-6,9-10H2,1-2H3. The van der Waals surface area contributed by atoms with E-state index in [1.807, 2.05) is 6.20 Å². The Labute approximate surface area is 109 Å². The Kier molecular flexibility index (Phi) is 4.99. The van der Waals surface area contributed by atoms with Gasteiger partial charge in [0.05, 0.1) is 5.01 Å². The first-order valence-electron chi connectivity index (χ1n) is 6.87. The second kappa shape index (κ2) is 6.50. The van der Waals surface area contributed by atoms with E-state index in [2.05, 4.69) is 29.5 Å². The van der Waals surface area contributed by atoms with Gasteiger partial charge in [0.25, 0.3) is 0 Å². The molecule has 0 spiro atoms. The lowest BCUT2D eigenvalue weighted by Crippen LogP contribution is -2.33. The van der Waals surface area contributed by atoms with E-state index in [9.17, 15) is 0 Å². The molecule has 1 fully saturated rings. The third kappa shape index (κ3) is 4.07. The second-order valence-electron chi connectivity index (χ2n) is 5.50. The molecule has 17 heavy (non-hydrogen) atoms. The van der Waals surface area contributed by atoms with Gasteiger partial charge in [-0.05, 0) is 18.4 Å². The van der Waals surface area contributed by atoms with E-state index in [1.165, 1.54) is 37.1 Å². The Morgan fingerprint density at radius 2 is 2.18 bits per heavy atom. The van der Waals surface area contributed by atoms with E-state index in [0.717, 1.165) is 18.4 Å². The molecule has 1 aliphatic rings. The van der Waals surface area contributed by atoms with Gasteiger partial charge in [-0.1, -0.05) is 39.5 Å². The summed E-state index contributed by atoms with van der Waals surface area (Å²) in [5, 5.41) is 7.02. The van der Waals surface area contributed by atoms with Gasteiger partial charge in [0.2, 0.25) is 0 Å². The number of nitrogens with zero attached hydrogens (tertiary/aromatic N) is 1. The lowest BCUT2D eigenvalue weighted by molar-refractivity contribution is 0.312. The number of hydrogen-bond donors (Lipinski definition) is 1. The Bertz CT molecular complexity index is 302. The molecule has 1 atom stereocenters. The van der Waals surface area contributed by atoms with E-state index in [-0.39, 0.29) is 0 Å². The summed E-state index contributed by atoms with van der Waals surface area (Å²) >= 11 is 1.81. The highest BCUT2D eigenvalue weighted by molar-refractivity contribution is 7.09. The van der Waals surface area contributed by atoms with Crippen LogP contribution in [0.5, 0.6) is 0 Å². The third-order valence-electron chi connectivity index (χ3n) is 3.78. The summed E-state index contributed by atoms with van der Waals surface area (Å²) in [6, 6.07) is 0.593. The van der Waals surface area contributed by atoms with Gasteiger partial charge in [0, 0.05) is 24.0 Å². The van der Waals surface area contributed by atoms with E-state index in [1.54, 1.807) is 11.3 Å². The molecule has 2 nitrogen and oxygen atoms in total. The number of rotatable bonds is 6. The highest BCUT2D eigenvalue weighted by atomic mass is 32.1. The summed E-state index contributed by atoms with van der Waals surface area (Å²) in [6.07, 6.45) is 8.82. The molecule has 96 valence electrons. The maximum atomic E-state index is 4.45. The predicted octanol–water partition coefficient (Wildman–Crippen LogP) is 3.49. The van der Waals surface area contributed by atoms with Crippen LogP contribution in [0.3, 0.4) is 0 Å². The molecule has 0 aliphatic heterocycles. The summed E-state index contributed by atoms with van der Waals surface area (Å²) in [4.78, 5) is 4.45. The largest absolute Gasteiger partial charge is 0.314 e. The Hall–Kier alpha value is -0.410. The SMILES string of the molecule is CC(C)NCC(Cc1nccs1)C1CCCC1. The van der Waals surface area contributed by atoms with Crippen LogP contribution in [0.1, 0.15) is 44.5 Å². The lowest BCUT2D eigenvalue weighted by Gasteiger charge is -2.24. The summed E-state index contributed by atoms with van der Waals surface area (Å²) in [6.45, 7) is 5.62. The molecule has 0 amide bonds.